The minimum absolute atomic E-state index is 0.378. The Kier molecular flexibility index (Phi) is 5.10. The van der Waals surface area contributed by atoms with Crippen LogP contribution in [-0.4, -0.2) is 32.9 Å². The summed E-state index contributed by atoms with van der Waals surface area (Å²) < 4.78 is 29.3. The number of nitrogens with one attached hydrogen (secondary N) is 1. The second-order valence-corrected chi connectivity index (χ2v) is 7.83. The van der Waals surface area contributed by atoms with Gasteiger partial charge in [0.1, 0.15) is 0 Å². The predicted molar refractivity (Wildman–Crippen MR) is 97.9 cm³/mol. The number of nitrogens with zero attached hydrogens (tertiary/aromatic N) is 2. The van der Waals surface area contributed by atoms with E-state index in [4.69, 9.17) is 11.6 Å². The fraction of sp³-hybridized carbons (Fsp3) is 0.294. The number of rotatable bonds is 5. The highest BCUT2D eigenvalue weighted by molar-refractivity contribution is 7.91. The van der Waals surface area contributed by atoms with Crippen LogP contribution in [0.4, 0.5) is 11.4 Å². The Bertz CT molecular complexity index is 826. The summed E-state index contributed by atoms with van der Waals surface area (Å²) in [6, 6.07) is 14.6. The van der Waals surface area contributed by atoms with Crippen molar-refractivity contribution in [1.29, 1.82) is 0 Å². The highest BCUT2D eigenvalue weighted by atomic mass is 35.5. The largest absolute Gasteiger partial charge is 0.320 e. The van der Waals surface area contributed by atoms with Crippen LogP contribution in [-0.2, 0) is 16.8 Å². The number of fused-ring (bicyclic) bond motifs is 1. The molecule has 0 saturated carbocycles. The molecule has 1 aliphatic rings. The Balaban J connectivity index is 2.09. The maximum Gasteiger partial charge on any atom is 0.308 e. The summed E-state index contributed by atoms with van der Waals surface area (Å²) in [6.45, 7) is 1.60. The van der Waals surface area contributed by atoms with Crippen LogP contribution in [0.5, 0.6) is 0 Å². The van der Waals surface area contributed by atoms with Gasteiger partial charge in [-0.05, 0) is 43.8 Å². The van der Waals surface area contributed by atoms with Crippen molar-refractivity contribution >= 4 is 33.2 Å². The smallest absolute Gasteiger partial charge is 0.308 e. The van der Waals surface area contributed by atoms with Gasteiger partial charge in [-0.25, -0.2) is 4.31 Å². The standard InChI is InChI=1S/C17H20ClN3O2S/c1-19-11-6-12-20-13-14-7-2-4-9-16(14)21(24(20,22)23)17-10-5-3-8-15(17)18/h2-5,7-10,19H,6,11-13H2,1H3. The van der Waals surface area contributed by atoms with E-state index < -0.39 is 10.2 Å². The Hall–Kier alpha value is -1.60. The zero-order valence-electron chi connectivity index (χ0n) is 13.4. The third-order valence-corrected chi connectivity index (χ3v) is 6.16. The van der Waals surface area contributed by atoms with Crippen LogP contribution in [0.25, 0.3) is 0 Å². The van der Waals surface area contributed by atoms with Gasteiger partial charge in [0.15, 0.2) is 0 Å². The molecule has 0 aliphatic carbocycles. The molecule has 7 heteroatoms. The first-order valence-corrected chi connectivity index (χ1v) is 9.60. The number of hydrogen-bond acceptors (Lipinski definition) is 3. The zero-order chi connectivity index (χ0) is 17.2. The average Bonchev–Trinajstić information content (AvgIpc) is 2.56. The van der Waals surface area contributed by atoms with Gasteiger partial charge in [-0.15, -0.1) is 0 Å². The maximum atomic E-state index is 13.2. The molecule has 0 atom stereocenters. The number of para-hydroxylation sites is 2. The molecule has 1 aliphatic heterocycles. The molecular formula is C17H20ClN3O2S. The van der Waals surface area contributed by atoms with Gasteiger partial charge in [0.25, 0.3) is 0 Å². The highest BCUT2D eigenvalue weighted by Crippen LogP contribution is 2.40. The van der Waals surface area contributed by atoms with E-state index in [0.29, 0.717) is 29.5 Å². The van der Waals surface area contributed by atoms with Crippen LogP contribution in [0.1, 0.15) is 12.0 Å². The number of halogens is 1. The van der Waals surface area contributed by atoms with Gasteiger partial charge in [0.2, 0.25) is 0 Å². The molecule has 0 radical (unpaired) electrons. The lowest BCUT2D eigenvalue weighted by molar-refractivity contribution is 0.392. The molecule has 2 aromatic carbocycles. The quantitative estimate of drug-likeness (QED) is 0.828. The van der Waals surface area contributed by atoms with E-state index in [9.17, 15) is 8.42 Å². The molecule has 1 N–H and O–H groups in total. The van der Waals surface area contributed by atoms with Crippen LogP contribution in [0.15, 0.2) is 48.5 Å². The van der Waals surface area contributed by atoms with Gasteiger partial charge >= 0.3 is 10.2 Å². The van der Waals surface area contributed by atoms with E-state index in [1.165, 1.54) is 8.61 Å². The van der Waals surface area contributed by atoms with Crippen molar-refractivity contribution in [3.8, 4) is 0 Å². The molecule has 3 rings (SSSR count). The fourth-order valence-corrected chi connectivity index (χ4v) is 4.85. The van der Waals surface area contributed by atoms with Crippen molar-refractivity contribution in [2.75, 3.05) is 24.4 Å². The van der Waals surface area contributed by atoms with Crippen molar-refractivity contribution in [1.82, 2.24) is 9.62 Å². The monoisotopic (exact) mass is 365 g/mol. The van der Waals surface area contributed by atoms with Crippen LogP contribution in [0.2, 0.25) is 5.02 Å². The maximum absolute atomic E-state index is 13.2. The second-order valence-electron chi connectivity index (χ2n) is 5.64. The first-order valence-electron chi connectivity index (χ1n) is 7.83. The lowest BCUT2D eigenvalue weighted by atomic mass is 10.1. The molecule has 0 spiro atoms. The summed E-state index contributed by atoms with van der Waals surface area (Å²) in [5.41, 5.74) is 2.11. The Labute approximate surface area is 148 Å². The van der Waals surface area contributed by atoms with Gasteiger partial charge in [-0.3, -0.25) is 0 Å². The van der Waals surface area contributed by atoms with Crippen molar-refractivity contribution in [2.45, 2.75) is 13.0 Å². The lowest BCUT2D eigenvalue weighted by Crippen LogP contribution is -2.46. The first-order chi connectivity index (χ1) is 11.6. The molecular weight excluding hydrogens is 346 g/mol. The lowest BCUT2D eigenvalue weighted by Gasteiger charge is -2.37. The molecule has 24 heavy (non-hydrogen) atoms. The predicted octanol–water partition coefficient (Wildman–Crippen LogP) is 3.15. The Morgan fingerprint density at radius 2 is 1.75 bits per heavy atom. The minimum atomic E-state index is -3.68. The van der Waals surface area contributed by atoms with Gasteiger partial charge in [-0.2, -0.15) is 12.7 Å². The van der Waals surface area contributed by atoms with E-state index in [0.717, 1.165) is 18.5 Å². The van der Waals surface area contributed by atoms with E-state index in [2.05, 4.69) is 5.32 Å². The van der Waals surface area contributed by atoms with Crippen LogP contribution in [0.3, 0.4) is 0 Å². The van der Waals surface area contributed by atoms with Gasteiger partial charge < -0.3 is 5.32 Å². The molecule has 0 aromatic heterocycles. The Morgan fingerprint density at radius 3 is 2.46 bits per heavy atom. The summed E-state index contributed by atoms with van der Waals surface area (Å²) in [6.07, 6.45) is 0.744. The average molecular weight is 366 g/mol. The molecule has 0 bridgehead atoms. The number of hydrogen-bond donors (Lipinski definition) is 1. The van der Waals surface area contributed by atoms with Crippen molar-refractivity contribution in [2.24, 2.45) is 0 Å². The number of benzene rings is 2. The van der Waals surface area contributed by atoms with E-state index in [-0.39, 0.29) is 0 Å². The SMILES string of the molecule is CNCCCN1Cc2ccccc2N(c2ccccc2Cl)S1(=O)=O. The first kappa shape index (κ1) is 17.2. The van der Waals surface area contributed by atoms with Crippen molar-refractivity contribution < 1.29 is 8.42 Å². The summed E-state index contributed by atoms with van der Waals surface area (Å²) >= 11 is 6.29. The highest BCUT2D eigenvalue weighted by Gasteiger charge is 2.37. The topological polar surface area (TPSA) is 52.6 Å². The van der Waals surface area contributed by atoms with Crippen molar-refractivity contribution in [3.63, 3.8) is 0 Å². The molecule has 2 aromatic rings. The number of anilines is 2. The summed E-state index contributed by atoms with van der Waals surface area (Å²) in [5, 5.41) is 3.46. The zero-order valence-corrected chi connectivity index (χ0v) is 15.0. The molecule has 0 unspecified atom stereocenters. The summed E-state index contributed by atoms with van der Waals surface area (Å²) in [5.74, 6) is 0. The molecule has 5 nitrogen and oxygen atoms in total. The molecule has 128 valence electrons. The fourth-order valence-electron chi connectivity index (χ4n) is 2.85. The third-order valence-electron chi connectivity index (χ3n) is 4.02. The van der Waals surface area contributed by atoms with E-state index in [1.807, 2.05) is 31.3 Å². The molecule has 0 fully saturated rings. The summed E-state index contributed by atoms with van der Waals surface area (Å²) in [7, 11) is -1.82. The second kappa shape index (κ2) is 7.11. The van der Waals surface area contributed by atoms with Crippen molar-refractivity contribution in [3.05, 3.63) is 59.1 Å². The van der Waals surface area contributed by atoms with E-state index >= 15 is 0 Å². The molecule has 1 heterocycles. The Morgan fingerprint density at radius 1 is 1.08 bits per heavy atom. The summed E-state index contributed by atoms with van der Waals surface area (Å²) in [4.78, 5) is 0. The van der Waals surface area contributed by atoms with Crippen LogP contribution in [0, 0.1) is 0 Å². The minimum Gasteiger partial charge on any atom is -0.320 e. The normalized spacial score (nSPS) is 16.8. The van der Waals surface area contributed by atoms with Crippen LogP contribution >= 0.6 is 11.6 Å². The van der Waals surface area contributed by atoms with Gasteiger partial charge in [-0.1, -0.05) is 41.9 Å². The molecule has 0 saturated heterocycles. The van der Waals surface area contributed by atoms with E-state index in [1.54, 1.807) is 24.3 Å². The van der Waals surface area contributed by atoms with Gasteiger partial charge in [0, 0.05) is 13.1 Å². The van der Waals surface area contributed by atoms with Gasteiger partial charge in [0.05, 0.1) is 16.4 Å². The third kappa shape index (κ3) is 3.15. The molecule has 0 amide bonds. The van der Waals surface area contributed by atoms with Crippen LogP contribution < -0.4 is 9.62 Å².